The first-order chi connectivity index (χ1) is 10.5. The molecule has 1 amide bonds. The second-order valence-electron chi connectivity index (χ2n) is 5.30. The van der Waals surface area contributed by atoms with Gasteiger partial charge < -0.3 is 9.47 Å². The third kappa shape index (κ3) is 2.69. The van der Waals surface area contributed by atoms with Crippen LogP contribution in [0.3, 0.4) is 0 Å². The van der Waals surface area contributed by atoms with Crippen molar-refractivity contribution < 1.29 is 22.7 Å². The summed E-state index contributed by atoms with van der Waals surface area (Å²) in [5, 5.41) is 0. The van der Waals surface area contributed by atoms with E-state index in [1.165, 1.54) is 21.3 Å². The first kappa shape index (κ1) is 15.3. The molecule has 0 spiro atoms. The average Bonchev–Trinajstić information content (AvgIpc) is 2.94. The number of hydrogen-bond donors (Lipinski definition) is 0. The molecule has 0 aromatic heterocycles. The number of hydrogen-bond acceptors (Lipinski definition) is 5. The topological polar surface area (TPSA) is 76.2 Å². The molecule has 0 unspecified atom stereocenters. The van der Waals surface area contributed by atoms with E-state index in [1.54, 1.807) is 12.1 Å². The number of carbonyl (C=O) groups excluding carboxylic acids is 1. The fourth-order valence-electron chi connectivity index (χ4n) is 2.63. The summed E-state index contributed by atoms with van der Waals surface area (Å²) in [7, 11) is -3.55. The number of nitrogens with zero attached hydrogens (tertiary/aromatic N) is 2. The monoisotopic (exact) mass is 326 g/mol. The van der Waals surface area contributed by atoms with Gasteiger partial charge in [-0.1, -0.05) is 0 Å². The zero-order valence-electron chi connectivity index (χ0n) is 12.3. The van der Waals surface area contributed by atoms with Crippen LogP contribution in [0.2, 0.25) is 0 Å². The van der Waals surface area contributed by atoms with E-state index in [1.807, 2.05) is 6.92 Å². The maximum absolute atomic E-state index is 12.7. The van der Waals surface area contributed by atoms with Crippen LogP contribution in [-0.4, -0.2) is 57.8 Å². The van der Waals surface area contributed by atoms with Gasteiger partial charge in [-0.2, -0.15) is 4.31 Å². The third-order valence-electron chi connectivity index (χ3n) is 3.82. The molecule has 0 N–H and O–H groups in total. The standard InChI is InChI=1S/C14H18N2O5S/c1-11-10-20-8-7-16(11)22(18,19)13-4-2-12(3-5-13)15-6-9-21-14(15)17/h2-5,11H,6-10H2,1H3/t11-/m0/s1. The van der Waals surface area contributed by atoms with Crippen LogP contribution in [0.1, 0.15) is 6.92 Å². The highest BCUT2D eigenvalue weighted by molar-refractivity contribution is 7.89. The molecule has 1 aromatic rings. The molecule has 0 bridgehead atoms. The van der Waals surface area contributed by atoms with E-state index in [9.17, 15) is 13.2 Å². The van der Waals surface area contributed by atoms with E-state index in [0.717, 1.165) is 0 Å². The van der Waals surface area contributed by atoms with E-state index in [0.29, 0.717) is 38.6 Å². The Labute approximate surface area is 129 Å². The van der Waals surface area contributed by atoms with Gasteiger partial charge in [-0.05, 0) is 31.2 Å². The van der Waals surface area contributed by atoms with Crippen LogP contribution < -0.4 is 4.90 Å². The summed E-state index contributed by atoms with van der Waals surface area (Å²) in [6, 6.07) is 6.12. The molecule has 0 saturated carbocycles. The van der Waals surface area contributed by atoms with Crippen molar-refractivity contribution in [2.45, 2.75) is 17.9 Å². The summed E-state index contributed by atoms with van der Waals surface area (Å²) in [5.74, 6) is 0. The number of rotatable bonds is 3. The molecule has 2 fully saturated rings. The zero-order valence-corrected chi connectivity index (χ0v) is 13.1. The summed E-state index contributed by atoms with van der Waals surface area (Å²) < 4.78 is 36.9. The van der Waals surface area contributed by atoms with Gasteiger partial charge >= 0.3 is 6.09 Å². The van der Waals surface area contributed by atoms with Crippen molar-refractivity contribution in [3.8, 4) is 0 Å². The first-order valence-electron chi connectivity index (χ1n) is 7.14. The van der Waals surface area contributed by atoms with Crippen LogP contribution in [0.15, 0.2) is 29.2 Å². The number of anilines is 1. The number of carbonyl (C=O) groups is 1. The Bertz CT molecular complexity index is 658. The number of cyclic esters (lactones) is 1. The molecule has 1 aromatic carbocycles. The Morgan fingerprint density at radius 3 is 2.45 bits per heavy atom. The summed E-state index contributed by atoms with van der Waals surface area (Å²) in [6.45, 7) is 3.81. The van der Waals surface area contributed by atoms with Gasteiger partial charge in [0.05, 0.1) is 24.7 Å². The molecule has 22 heavy (non-hydrogen) atoms. The van der Waals surface area contributed by atoms with Crippen molar-refractivity contribution in [2.75, 3.05) is 37.8 Å². The second-order valence-corrected chi connectivity index (χ2v) is 7.19. The van der Waals surface area contributed by atoms with Gasteiger partial charge in [0, 0.05) is 18.3 Å². The Hall–Kier alpha value is -1.64. The minimum absolute atomic E-state index is 0.188. The molecule has 2 saturated heterocycles. The lowest BCUT2D eigenvalue weighted by Gasteiger charge is -2.32. The number of ether oxygens (including phenoxy) is 2. The van der Waals surface area contributed by atoms with Crippen molar-refractivity contribution in [2.24, 2.45) is 0 Å². The Balaban J connectivity index is 1.84. The van der Waals surface area contributed by atoms with Gasteiger partial charge in [0.2, 0.25) is 10.0 Å². The lowest BCUT2D eigenvalue weighted by Crippen LogP contribution is -2.46. The van der Waals surface area contributed by atoms with Gasteiger partial charge in [-0.25, -0.2) is 13.2 Å². The Morgan fingerprint density at radius 2 is 1.86 bits per heavy atom. The van der Waals surface area contributed by atoms with Crippen LogP contribution in [-0.2, 0) is 19.5 Å². The first-order valence-corrected chi connectivity index (χ1v) is 8.58. The van der Waals surface area contributed by atoms with Crippen LogP contribution in [0.4, 0.5) is 10.5 Å². The van der Waals surface area contributed by atoms with E-state index < -0.39 is 16.1 Å². The largest absolute Gasteiger partial charge is 0.447 e. The third-order valence-corrected chi connectivity index (χ3v) is 5.85. The lowest BCUT2D eigenvalue weighted by molar-refractivity contribution is 0.0393. The lowest BCUT2D eigenvalue weighted by atomic mass is 10.3. The Kier molecular flexibility index (Phi) is 4.07. The van der Waals surface area contributed by atoms with Gasteiger partial charge in [-0.15, -0.1) is 0 Å². The average molecular weight is 326 g/mol. The number of benzene rings is 1. The number of sulfonamides is 1. The van der Waals surface area contributed by atoms with Crippen molar-refractivity contribution >= 4 is 21.8 Å². The highest BCUT2D eigenvalue weighted by atomic mass is 32.2. The van der Waals surface area contributed by atoms with Crippen LogP contribution in [0.5, 0.6) is 0 Å². The van der Waals surface area contributed by atoms with E-state index in [-0.39, 0.29) is 10.9 Å². The molecular formula is C14H18N2O5S. The zero-order chi connectivity index (χ0) is 15.7. The highest BCUT2D eigenvalue weighted by Gasteiger charge is 2.32. The van der Waals surface area contributed by atoms with E-state index in [2.05, 4.69) is 0 Å². The van der Waals surface area contributed by atoms with Crippen molar-refractivity contribution in [3.05, 3.63) is 24.3 Å². The normalized spacial score (nSPS) is 23.6. The summed E-state index contributed by atoms with van der Waals surface area (Å²) in [5.41, 5.74) is 0.636. The molecular weight excluding hydrogens is 308 g/mol. The summed E-state index contributed by atoms with van der Waals surface area (Å²) in [4.78, 5) is 13.2. The van der Waals surface area contributed by atoms with Crippen molar-refractivity contribution in [3.63, 3.8) is 0 Å². The molecule has 2 heterocycles. The fraction of sp³-hybridized carbons (Fsp3) is 0.500. The maximum atomic E-state index is 12.7. The molecule has 0 radical (unpaired) electrons. The molecule has 1 atom stereocenters. The smallest absolute Gasteiger partial charge is 0.414 e. The number of amides is 1. The Morgan fingerprint density at radius 1 is 1.14 bits per heavy atom. The second kappa shape index (κ2) is 5.86. The maximum Gasteiger partial charge on any atom is 0.414 e. The molecule has 8 heteroatoms. The fourth-order valence-corrected chi connectivity index (χ4v) is 4.23. The SMILES string of the molecule is C[C@H]1COCCN1S(=O)(=O)c1ccc(N2CCOC2=O)cc1. The number of morpholine rings is 1. The quantitative estimate of drug-likeness (QED) is 0.830. The minimum Gasteiger partial charge on any atom is -0.447 e. The van der Waals surface area contributed by atoms with Crippen LogP contribution in [0.25, 0.3) is 0 Å². The highest BCUT2D eigenvalue weighted by Crippen LogP contribution is 2.24. The van der Waals surface area contributed by atoms with E-state index in [4.69, 9.17) is 9.47 Å². The molecule has 3 rings (SSSR count). The molecule has 120 valence electrons. The minimum atomic E-state index is -3.55. The van der Waals surface area contributed by atoms with Crippen LogP contribution in [0, 0.1) is 0 Å². The van der Waals surface area contributed by atoms with Crippen molar-refractivity contribution in [1.82, 2.24) is 4.31 Å². The van der Waals surface area contributed by atoms with Gasteiger partial charge in [0.25, 0.3) is 0 Å². The molecule has 2 aliphatic heterocycles. The molecule has 0 aliphatic carbocycles. The molecule has 2 aliphatic rings. The summed E-state index contributed by atoms with van der Waals surface area (Å²) >= 11 is 0. The summed E-state index contributed by atoms with van der Waals surface area (Å²) in [6.07, 6.45) is -0.405. The van der Waals surface area contributed by atoms with Gasteiger partial charge in [0.15, 0.2) is 0 Å². The van der Waals surface area contributed by atoms with Gasteiger partial charge in [-0.3, -0.25) is 4.90 Å². The predicted molar refractivity (Wildman–Crippen MR) is 79.3 cm³/mol. The van der Waals surface area contributed by atoms with E-state index >= 15 is 0 Å². The van der Waals surface area contributed by atoms with Gasteiger partial charge in [0.1, 0.15) is 6.61 Å². The molecule has 7 nitrogen and oxygen atoms in total. The van der Waals surface area contributed by atoms with Crippen LogP contribution >= 0.6 is 0 Å². The predicted octanol–water partition coefficient (Wildman–Crippen LogP) is 1.05. The van der Waals surface area contributed by atoms with Crippen molar-refractivity contribution in [1.29, 1.82) is 0 Å².